The zero-order chi connectivity index (χ0) is 62.7. The molecule has 2 aromatic heterocycles. The number of aromatic nitrogens is 4. The first-order chi connectivity index (χ1) is 39.4. The summed E-state index contributed by atoms with van der Waals surface area (Å²) >= 11 is 23.1. The summed E-state index contributed by atoms with van der Waals surface area (Å²) in [6, 6.07) is 26.8. The number of thioether (sulfide) groups is 1. The second-order valence-corrected chi connectivity index (χ2v) is 26.2. The molecule has 2 aliphatic heterocycles. The molecule has 1 N–H and O–H groups in total. The van der Waals surface area contributed by atoms with Crippen molar-refractivity contribution in [1.82, 2.24) is 28.9 Å². The molecule has 23 heteroatoms. The van der Waals surface area contributed by atoms with Crippen molar-refractivity contribution in [2.24, 2.45) is 11.8 Å². The standard InChI is InChI=1S/C30H37ClFN3O2S.C19H18ClFN2S.C11H20BrNO2.C2H3N.CH2O3.2K.H/c1-20-17-22(7-12-25(20)31)30(5,6)26-18-33-27(35(26)24-10-8-23(32)9-11-24)38-19-21-13-15-34(16-14-21)28(36)37-29(2,3)4;1-12-10-13(4-9-16(12)20)19(2,3)17-11-22-18(24)23(17)15-7-5-14(21)6-8-15;1-11(2,3)15-10(14)13-6-4-9(8-12)5-7-13;1-2-3;2-1-4-3;;;/h7-12,17-18,21H,13-16,19H2,1-6H3;4-11H,1-3H3,(H,22,24);9H,4-8H2,1-3H3;1H3;1,3H;;;/q;;;;;2*+1;-1/p-1. The summed E-state index contributed by atoms with van der Waals surface area (Å²) in [6.07, 6.45) is 7.43. The molecule has 2 aliphatic rings. The summed E-state index contributed by atoms with van der Waals surface area (Å²) < 4.78 is 42.6. The normalized spacial score (nSPS) is 13.6. The fourth-order valence-corrected chi connectivity index (χ4v) is 11.5. The number of aryl methyl sites for hydroxylation is 2. The number of hydrogen-bond acceptors (Lipinski definition) is 11. The van der Waals surface area contributed by atoms with E-state index in [9.17, 15) is 18.4 Å². The van der Waals surface area contributed by atoms with Crippen molar-refractivity contribution >= 4 is 81.8 Å². The first-order valence-corrected chi connectivity index (χ1v) is 30.8. The van der Waals surface area contributed by atoms with Crippen LogP contribution in [0.15, 0.2) is 102 Å². The smallest absolute Gasteiger partial charge is 1.00 e. The summed E-state index contributed by atoms with van der Waals surface area (Å²) in [5, 5.41) is 19.2. The first kappa shape index (κ1) is 79.6. The third-order valence-corrected chi connectivity index (χ3v) is 17.2. The number of nitrogens with zero attached hydrogens (tertiary/aromatic N) is 6. The Balaban J connectivity index is 0.000000660. The predicted molar refractivity (Wildman–Crippen MR) is 336 cm³/mol. The molecule has 2 amide bonds. The van der Waals surface area contributed by atoms with Gasteiger partial charge in [-0.2, -0.15) is 5.26 Å². The molecule has 0 aliphatic carbocycles. The Hall–Kier alpha value is -2.48. The number of H-pyrrole nitrogens is 1. The minimum atomic E-state index is -0.489. The van der Waals surface area contributed by atoms with Crippen molar-refractivity contribution in [3.8, 4) is 17.4 Å². The fraction of sp³-hybridized carbons (Fsp3) is 0.460. The maximum absolute atomic E-state index is 13.8. The number of alkyl halides is 1. The van der Waals surface area contributed by atoms with Crippen molar-refractivity contribution in [2.75, 3.05) is 37.3 Å². The molecule has 4 aromatic carbocycles. The Kier molecular flexibility index (Phi) is 34.4. The first-order valence-electron chi connectivity index (χ1n) is 27.5. The summed E-state index contributed by atoms with van der Waals surface area (Å²) in [5.41, 5.74) is 6.50. The van der Waals surface area contributed by atoms with Gasteiger partial charge in [0.15, 0.2) is 9.93 Å². The molecule has 458 valence electrons. The summed E-state index contributed by atoms with van der Waals surface area (Å²) in [5.74, 6) is 1.53. The van der Waals surface area contributed by atoms with Gasteiger partial charge < -0.3 is 35.8 Å². The number of carbonyl (C=O) groups excluding carboxylic acids is 3. The van der Waals surface area contributed by atoms with Crippen LogP contribution in [0.2, 0.25) is 10.0 Å². The topological polar surface area (TPSA) is 171 Å². The van der Waals surface area contributed by atoms with E-state index in [2.05, 4.69) is 76.3 Å². The van der Waals surface area contributed by atoms with Gasteiger partial charge >= 0.3 is 115 Å². The van der Waals surface area contributed by atoms with Crippen LogP contribution in [-0.4, -0.2) is 96.0 Å². The van der Waals surface area contributed by atoms with Crippen LogP contribution in [0.5, 0.6) is 0 Å². The number of hydrogen-bond donors (Lipinski definition) is 1. The van der Waals surface area contributed by atoms with Gasteiger partial charge in [-0.3, -0.25) is 13.9 Å². The van der Waals surface area contributed by atoms with Crippen LogP contribution >= 0.6 is 63.1 Å². The molecule has 0 atom stereocenters. The van der Waals surface area contributed by atoms with Crippen molar-refractivity contribution in [3.05, 3.63) is 157 Å². The zero-order valence-electron chi connectivity index (χ0n) is 53.3. The van der Waals surface area contributed by atoms with Gasteiger partial charge in [0.1, 0.15) is 22.8 Å². The molecule has 8 rings (SSSR count). The van der Waals surface area contributed by atoms with E-state index in [0.717, 1.165) is 110 Å². The van der Waals surface area contributed by atoms with E-state index in [1.165, 1.54) is 31.2 Å². The number of aromatic amines is 1. The molecule has 4 heterocycles. The average molecular weight is 1380 g/mol. The van der Waals surface area contributed by atoms with E-state index < -0.39 is 5.60 Å². The number of amides is 2. The fourth-order valence-electron chi connectivity index (χ4n) is 9.15. The monoisotopic (exact) mass is 1380 g/mol. The van der Waals surface area contributed by atoms with E-state index in [1.807, 2.05) is 95.4 Å². The predicted octanol–water partition coefficient (Wildman–Crippen LogP) is 10.1. The summed E-state index contributed by atoms with van der Waals surface area (Å²) in [7, 11) is 0. The summed E-state index contributed by atoms with van der Waals surface area (Å²) in [4.78, 5) is 46.9. The van der Waals surface area contributed by atoms with Crippen LogP contribution in [0.3, 0.4) is 0 Å². The number of carbonyl (C=O) groups is 3. The Morgan fingerprint density at radius 1 is 0.744 bits per heavy atom. The molecule has 86 heavy (non-hydrogen) atoms. The Morgan fingerprint density at radius 3 is 1.50 bits per heavy atom. The van der Waals surface area contributed by atoms with Crippen molar-refractivity contribution in [1.29, 1.82) is 5.26 Å². The van der Waals surface area contributed by atoms with Crippen LogP contribution < -0.4 is 108 Å². The van der Waals surface area contributed by atoms with Crippen LogP contribution in [0.25, 0.3) is 11.4 Å². The molecule has 0 radical (unpaired) electrons. The van der Waals surface area contributed by atoms with Gasteiger partial charge in [-0.05, 0) is 188 Å². The number of rotatable bonds is 11. The molecular formula is C63H80BrCl2F2K2N7O7S2. The molecule has 2 saturated heterocycles. The second kappa shape index (κ2) is 37.1. The molecule has 6 aromatic rings. The van der Waals surface area contributed by atoms with E-state index in [0.29, 0.717) is 29.7 Å². The molecular weight excluding hydrogens is 1300 g/mol. The molecule has 2 fully saturated rings. The number of nitrogens with one attached hydrogen (secondary N) is 1. The van der Waals surface area contributed by atoms with Crippen LogP contribution in [0, 0.1) is 53.4 Å². The maximum atomic E-state index is 13.8. The van der Waals surface area contributed by atoms with Gasteiger partial charge in [0, 0.05) is 82.6 Å². The maximum Gasteiger partial charge on any atom is 1.00 e. The van der Waals surface area contributed by atoms with E-state index in [4.69, 9.17) is 65.2 Å². The van der Waals surface area contributed by atoms with Gasteiger partial charge in [0.05, 0.1) is 23.7 Å². The molecule has 14 nitrogen and oxygen atoms in total. The molecule has 0 bridgehead atoms. The van der Waals surface area contributed by atoms with Gasteiger partial charge in [0.25, 0.3) is 6.47 Å². The van der Waals surface area contributed by atoms with Crippen molar-refractivity contribution in [2.45, 2.75) is 143 Å². The van der Waals surface area contributed by atoms with Gasteiger partial charge in [-0.15, -0.1) is 0 Å². The Morgan fingerprint density at radius 2 is 1.13 bits per heavy atom. The Labute approximate surface area is 621 Å². The average Bonchev–Trinajstić information content (AvgIpc) is 2.06. The molecule has 0 spiro atoms. The molecule has 0 unspecified atom stereocenters. The van der Waals surface area contributed by atoms with Crippen molar-refractivity contribution < 1.29 is 147 Å². The third-order valence-electron chi connectivity index (χ3n) is 14.0. The Bertz CT molecular complexity index is 3210. The van der Waals surface area contributed by atoms with Gasteiger partial charge in [-0.1, -0.05) is 103 Å². The number of halogens is 5. The van der Waals surface area contributed by atoms with Crippen LogP contribution in [0.1, 0.15) is 137 Å². The van der Waals surface area contributed by atoms with Crippen LogP contribution in [0.4, 0.5) is 18.4 Å². The second-order valence-electron chi connectivity index (χ2n) is 23.4. The number of likely N-dealkylation sites (tertiary alicyclic amines) is 2. The molecule has 0 saturated carbocycles. The van der Waals surface area contributed by atoms with E-state index in [-0.39, 0.29) is 151 Å². The third kappa shape index (κ3) is 24.3. The number of ether oxygens (including phenoxy) is 2. The minimum Gasteiger partial charge on any atom is -1.00 e. The number of nitriles is 1. The largest absolute Gasteiger partial charge is 1.00 e. The number of benzene rings is 4. The van der Waals surface area contributed by atoms with Crippen molar-refractivity contribution in [3.63, 3.8) is 0 Å². The van der Waals surface area contributed by atoms with E-state index >= 15 is 0 Å². The van der Waals surface area contributed by atoms with Gasteiger partial charge in [0.2, 0.25) is 0 Å². The van der Waals surface area contributed by atoms with E-state index in [1.54, 1.807) is 47.0 Å². The quantitative estimate of drug-likeness (QED) is 0.0249. The van der Waals surface area contributed by atoms with Gasteiger partial charge in [-0.25, -0.2) is 23.4 Å². The number of imidazole rings is 2. The number of piperidine rings is 2. The minimum absolute atomic E-state index is 0. The zero-order valence-corrected chi connectivity index (χ0v) is 63.3. The SMILES string of the molecule is CC#N.CC(C)(C)OC(=O)N1CCC(CBr)CC1.Cc1cc(C(C)(C)c2c[nH]c(=S)n2-c2ccc(F)cc2)ccc1Cl.Cc1cc(C(C)(C)c2cnc(SCC3CCN(C(=O)OC(C)(C)C)CC3)n2-c2ccc(F)cc2)ccc1Cl.O=CO[O-].[H-].[K+].[K+]. The summed E-state index contributed by atoms with van der Waals surface area (Å²) in [6.45, 7) is 28.3. The van der Waals surface area contributed by atoms with Crippen LogP contribution in [-0.2, 0) is 30.0 Å².